The molecule has 0 aliphatic heterocycles. The average Bonchev–Trinajstić information content (AvgIpc) is 3.15. The zero-order valence-corrected chi connectivity index (χ0v) is 18.2. The number of alkyl halides is 8. The molecule has 0 spiro atoms. The van der Waals surface area contributed by atoms with Gasteiger partial charge < -0.3 is 10.1 Å². The van der Waals surface area contributed by atoms with Gasteiger partial charge in [0.2, 0.25) is 0 Å². The molecular weight excluding hydrogens is 512 g/mol. The van der Waals surface area contributed by atoms with Crippen molar-refractivity contribution in [2.75, 3.05) is 18.2 Å². The summed E-state index contributed by atoms with van der Waals surface area (Å²) in [5.41, 5.74) is -1.81. The van der Waals surface area contributed by atoms with Gasteiger partial charge in [0.15, 0.2) is 9.84 Å². The molecule has 184 valence electrons. The molecule has 0 saturated carbocycles. The van der Waals surface area contributed by atoms with Crippen molar-refractivity contribution < 1.29 is 53.1 Å². The first-order valence-electron chi connectivity index (χ1n) is 8.65. The summed E-state index contributed by atoms with van der Waals surface area (Å²) in [4.78, 5) is 12.2. The van der Waals surface area contributed by atoms with Crippen molar-refractivity contribution in [3.63, 3.8) is 0 Å². The number of carbonyl (C=O) groups is 1. The minimum absolute atomic E-state index is 0.191. The summed E-state index contributed by atoms with van der Waals surface area (Å²) in [6, 6.07) is 0.682. The second-order valence-corrected chi connectivity index (χ2v) is 9.65. The number of thiophene rings is 1. The van der Waals surface area contributed by atoms with E-state index in [9.17, 15) is 48.3 Å². The summed E-state index contributed by atoms with van der Waals surface area (Å²) >= 11 is -0.191. The summed E-state index contributed by atoms with van der Waals surface area (Å²) in [6.45, 7) is 0.429. The molecule has 6 nitrogen and oxygen atoms in total. The number of hydrogen-bond acceptors (Lipinski definition) is 7. The maximum atomic E-state index is 13.7. The van der Waals surface area contributed by atoms with Gasteiger partial charge in [-0.2, -0.15) is 35.1 Å². The fourth-order valence-electron chi connectivity index (χ4n) is 2.42. The quantitative estimate of drug-likeness (QED) is 0.404. The highest BCUT2D eigenvalue weighted by Crippen LogP contribution is 2.47. The number of nitrogens with zero attached hydrogens (tertiary/aromatic N) is 1. The molecule has 0 aliphatic carbocycles. The highest BCUT2D eigenvalue weighted by atomic mass is 32.2. The molecule has 0 fully saturated rings. The van der Waals surface area contributed by atoms with Crippen molar-refractivity contribution >= 4 is 33.0 Å². The monoisotopic (exact) mass is 526 g/mol. The molecule has 0 unspecified atom stereocenters. The maximum Gasteiger partial charge on any atom is 0.458 e. The van der Waals surface area contributed by atoms with Crippen molar-refractivity contribution in [1.29, 1.82) is 0 Å². The van der Waals surface area contributed by atoms with Crippen LogP contribution in [0.25, 0.3) is 0 Å². The van der Waals surface area contributed by atoms with Crippen LogP contribution in [0.1, 0.15) is 32.6 Å². The van der Waals surface area contributed by atoms with E-state index in [2.05, 4.69) is 15.0 Å². The van der Waals surface area contributed by atoms with Gasteiger partial charge in [-0.05, 0) is 17.7 Å². The Bertz CT molecular complexity index is 1140. The summed E-state index contributed by atoms with van der Waals surface area (Å²) in [7, 11) is -3.42. The number of pyridine rings is 1. The largest absolute Gasteiger partial charge is 0.465 e. The molecule has 2 aromatic heterocycles. The van der Waals surface area contributed by atoms with E-state index in [0.717, 1.165) is 14.0 Å². The van der Waals surface area contributed by atoms with Crippen molar-refractivity contribution in [2.45, 2.75) is 36.6 Å². The molecule has 16 heteroatoms. The Balaban J connectivity index is 2.52. The average molecular weight is 526 g/mol. The number of methoxy groups -OCH3 is 1. The van der Waals surface area contributed by atoms with Crippen LogP contribution in [0.2, 0.25) is 0 Å². The third-order valence-corrected chi connectivity index (χ3v) is 7.16. The fourth-order valence-corrected chi connectivity index (χ4v) is 4.55. The van der Waals surface area contributed by atoms with Crippen LogP contribution in [-0.2, 0) is 33.2 Å². The number of hydrogen-bond donors (Lipinski definition) is 1. The lowest BCUT2D eigenvalue weighted by Crippen LogP contribution is -2.32. The van der Waals surface area contributed by atoms with E-state index in [4.69, 9.17) is 0 Å². The molecule has 0 radical (unpaired) electrons. The van der Waals surface area contributed by atoms with E-state index >= 15 is 0 Å². The molecule has 2 heterocycles. The van der Waals surface area contributed by atoms with E-state index in [-0.39, 0.29) is 11.3 Å². The number of carbonyl (C=O) groups excluding carboxylic acids is 1. The van der Waals surface area contributed by atoms with E-state index in [1.807, 2.05) is 0 Å². The van der Waals surface area contributed by atoms with Crippen LogP contribution in [0.15, 0.2) is 23.2 Å². The summed E-state index contributed by atoms with van der Waals surface area (Å²) in [5.74, 6) is -7.78. The lowest BCUT2D eigenvalue weighted by Gasteiger charge is -2.17. The van der Waals surface area contributed by atoms with Crippen molar-refractivity contribution in [1.82, 2.24) is 4.98 Å². The SMILES string of the molecule is CCS(=O)(=O)c1cc(C(F)(F)F)cnc1NCc1cc(C(F)(F)C(F)(F)F)sc1C(=O)OC. The zero-order chi connectivity index (χ0) is 25.4. The van der Waals surface area contributed by atoms with Gasteiger partial charge in [-0.15, -0.1) is 11.3 Å². The van der Waals surface area contributed by atoms with Gasteiger partial charge in [-0.25, -0.2) is 18.2 Å². The molecule has 0 atom stereocenters. The van der Waals surface area contributed by atoms with Crippen LogP contribution in [0.3, 0.4) is 0 Å². The highest BCUT2D eigenvalue weighted by molar-refractivity contribution is 7.91. The summed E-state index contributed by atoms with van der Waals surface area (Å²) in [6.07, 6.45) is -10.6. The van der Waals surface area contributed by atoms with Gasteiger partial charge in [0.05, 0.1) is 23.3 Å². The van der Waals surface area contributed by atoms with Crippen LogP contribution >= 0.6 is 11.3 Å². The van der Waals surface area contributed by atoms with Crippen LogP contribution in [0.5, 0.6) is 0 Å². The minimum atomic E-state index is -5.96. The molecular formula is C17H14F8N2O4S2. The number of rotatable bonds is 7. The van der Waals surface area contributed by atoms with Crippen LogP contribution in [0, 0.1) is 0 Å². The van der Waals surface area contributed by atoms with E-state index < -0.39 is 78.0 Å². The Morgan fingerprint density at radius 3 is 2.21 bits per heavy atom. The van der Waals surface area contributed by atoms with Gasteiger partial charge in [-0.1, -0.05) is 6.92 Å². The first-order chi connectivity index (χ1) is 15.0. The summed E-state index contributed by atoms with van der Waals surface area (Å²) in [5, 5.41) is 2.29. The molecule has 1 N–H and O–H groups in total. The second kappa shape index (κ2) is 9.04. The molecule has 0 bridgehead atoms. The Morgan fingerprint density at radius 2 is 1.73 bits per heavy atom. The molecule has 2 aromatic rings. The number of nitrogens with one attached hydrogen (secondary N) is 1. The van der Waals surface area contributed by atoms with Crippen LogP contribution in [-0.4, -0.2) is 38.4 Å². The zero-order valence-electron chi connectivity index (χ0n) is 16.6. The Kier molecular flexibility index (Phi) is 7.33. The Labute approximate surface area is 185 Å². The summed E-state index contributed by atoms with van der Waals surface area (Å²) < 4.78 is 133. The first kappa shape index (κ1) is 26.8. The maximum absolute atomic E-state index is 13.7. The first-order valence-corrected chi connectivity index (χ1v) is 11.1. The minimum Gasteiger partial charge on any atom is -0.465 e. The number of sulfone groups is 1. The Hall–Kier alpha value is -2.49. The number of anilines is 1. The van der Waals surface area contributed by atoms with Crippen LogP contribution < -0.4 is 5.32 Å². The molecule has 0 aliphatic rings. The van der Waals surface area contributed by atoms with E-state index in [1.54, 1.807) is 0 Å². The normalized spacial score (nSPS) is 13.2. The molecule has 2 rings (SSSR count). The molecule has 0 saturated heterocycles. The standard InChI is InChI=1S/C17H14F8N2O4S2/c1-3-33(29,30)10-5-9(16(20,21)22)7-27-13(10)26-6-8-4-11(15(18,19)17(23,24)25)32-12(8)14(28)31-2/h4-5,7H,3,6H2,1-2H3,(H,26,27). The van der Waals surface area contributed by atoms with E-state index in [0.29, 0.717) is 18.3 Å². The van der Waals surface area contributed by atoms with Gasteiger partial charge in [0.25, 0.3) is 0 Å². The molecule has 33 heavy (non-hydrogen) atoms. The number of esters is 1. The molecule has 0 amide bonds. The van der Waals surface area contributed by atoms with Crippen molar-refractivity contribution in [3.8, 4) is 0 Å². The third-order valence-electron chi connectivity index (χ3n) is 4.19. The van der Waals surface area contributed by atoms with Crippen molar-refractivity contribution in [3.05, 3.63) is 39.2 Å². The smallest absolute Gasteiger partial charge is 0.458 e. The van der Waals surface area contributed by atoms with E-state index in [1.165, 1.54) is 0 Å². The second-order valence-electron chi connectivity index (χ2n) is 6.35. The highest BCUT2D eigenvalue weighted by Gasteiger charge is 2.60. The fraction of sp³-hybridized carbons (Fsp3) is 0.412. The number of aromatic nitrogens is 1. The topological polar surface area (TPSA) is 85.4 Å². The number of halogens is 8. The lowest BCUT2D eigenvalue weighted by atomic mass is 10.2. The van der Waals surface area contributed by atoms with Crippen LogP contribution in [0.4, 0.5) is 40.9 Å². The predicted octanol–water partition coefficient (Wildman–Crippen LogP) is 5.01. The van der Waals surface area contributed by atoms with Gasteiger partial charge >= 0.3 is 24.2 Å². The van der Waals surface area contributed by atoms with Gasteiger partial charge in [0, 0.05) is 12.7 Å². The number of ether oxygens (including phenoxy) is 1. The van der Waals surface area contributed by atoms with Gasteiger partial charge in [-0.3, -0.25) is 0 Å². The Morgan fingerprint density at radius 1 is 1.12 bits per heavy atom. The molecule has 0 aromatic carbocycles. The van der Waals surface area contributed by atoms with Crippen molar-refractivity contribution in [2.24, 2.45) is 0 Å². The third kappa shape index (κ3) is 5.54. The van der Waals surface area contributed by atoms with Gasteiger partial charge in [0.1, 0.15) is 15.6 Å². The predicted molar refractivity (Wildman–Crippen MR) is 99.9 cm³/mol. The lowest BCUT2D eigenvalue weighted by molar-refractivity contribution is -0.287.